The average Bonchev–Trinajstić information content (AvgIpc) is 3.27. The highest BCUT2D eigenvalue weighted by Gasteiger charge is 2.33. The Morgan fingerprint density at radius 2 is 2.03 bits per heavy atom. The van der Waals surface area contributed by atoms with Crippen LogP contribution in [0.25, 0.3) is 11.3 Å². The van der Waals surface area contributed by atoms with Crippen LogP contribution in [0.4, 0.5) is 13.2 Å². The minimum atomic E-state index is -4.52. The molecule has 0 radical (unpaired) electrons. The molecule has 2 aliphatic rings. The molecule has 3 aromatic heterocycles. The highest BCUT2D eigenvalue weighted by molar-refractivity contribution is 5.92. The van der Waals surface area contributed by atoms with Crippen molar-refractivity contribution in [2.24, 2.45) is 0 Å². The van der Waals surface area contributed by atoms with Gasteiger partial charge in [0.1, 0.15) is 5.69 Å². The smallest absolute Gasteiger partial charge is 0.342 e. The number of nitrogens with zero attached hydrogens (tertiary/aromatic N) is 6. The summed E-state index contributed by atoms with van der Waals surface area (Å²) in [4.78, 5) is 16.0. The van der Waals surface area contributed by atoms with E-state index in [0.29, 0.717) is 30.3 Å². The topological polar surface area (TPSA) is 90.5 Å². The number of aromatic nitrogens is 6. The molecule has 11 heteroatoms. The zero-order valence-corrected chi connectivity index (χ0v) is 15.8. The first-order chi connectivity index (χ1) is 14.4. The van der Waals surface area contributed by atoms with Crippen LogP contribution in [0, 0.1) is 0 Å². The van der Waals surface area contributed by atoms with Crippen molar-refractivity contribution in [2.45, 2.75) is 50.5 Å². The van der Waals surface area contributed by atoms with E-state index in [-0.39, 0.29) is 17.6 Å². The van der Waals surface area contributed by atoms with Gasteiger partial charge < -0.3 is 5.32 Å². The number of nitrogens with one attached hydrogen (secondary N) is 1. The van der Waals surface area contributed by atoms with E-state index in [0.717, 1.165) is 37.2 Å². The molecule has 1 aliphatic heterocycles. The summed E-state index contributed by atoms with van der Waals surface area (Å²) in [5.41, 5.74) is 0.789. The van der Waals surface area contributed by atoms with Crippen molar-refractivity contribution in [3.63, 3.8) is 0 Å². The highest BCUT2D eigenvalue weighted by Crippen LogP contribution is 2.34. The van der Waals surface area contributed by atoms with E-state index in [1.807, 2.05) is 0 Å². The van der Waals surface area contributed by atoms with Crippen LogP contribution in [0.15, 0.2) is 30.6 Å². The molecule has 0 unspecified atom stereocenters. The molecular weight excluding hydrogens is 399 g/mol. The van der Waals surface area contributed by atoms with E-state index in [2.05, 4.69) is 25.7 Å². The largest absolute Gasteiger partial charge is 0.433 e. The Kier molecular flexibility index (Phi) is 4.33. The van der Waals surface area contributed by atoms with Gasteiger partial charge in [-0.25, -0.2) is 4.68 Å². The molecule has 1 amide bonds. The van der Waals surface area contributed by atoms with E-state index in [4.69, 9.17) is 0 Å². The first-order valence-corrected chi connectivity index (χ1v) is 9.72. The summed E-state index contributed by atoms with van der Waals surface area (Å²) in [5.74, 6) is -0.327. The summed E-state index contributed by atoms with van der Waals surface area (Å²) in [6.07, 6.45) is 1.83. The third-order valence-electron chi connectivity index (χ3n) is 5.35. The summed E-state index contributed by atoms with van der Waals surface area (Å²) in [5, 5.41) is 15.4. The number of halogens is 3. The first-order valence-electron chi connectivity index (χ1n) is 9.72. The molecule has 1 fully saturated rings. The molecular formula is C19H18F3N7O. The minimum absolute atomic E-state index is 0.253. The van der Waals surface area contributed by atoms with E-state index in [1.165, 1.54) is 6.07 Å². The number of alkyl halides is 3. The van der Waals surface area contributed by atoms with Crippen LogP contribution < -0.4 is 5.32 Å². The summed E-state index contributed by atoms with van der Waals surface area (Å²) >= 11 is 0. The maximum atomic E-state index is 13.0. The maximum absolute atomic E-state index is 13.0. The fourth-order valence-electron chi connectivity index (χ4n) is 3.65. The van der Waals surface area contributed by atoms with Gasteiger partial charge in [0.15, 0.2) is 5.69 Å². The molecule has 1 saturated carbocycles. The van der Waals surface area contributed by atoms with Crippen LogP contribution in [0.1, 0.15) is 59.6 Å². The number of carbonyl (C=O) groups excluding carboxylic acids is 1. The predicted octanol–water partition coefficient (Wildman–Crippen LogP) is 3.16. The van der Waals surface area contributed by atoms with Crippen LogP contribution in [0.5, 0.6) is 0 Å². The zero-order valence-electron chi connectivity index (χ0n) is 15.8. The lowest BCUT2D eigenvalue weighted by molar-refractivity contribution is -0.141. The molecule has 5 rings (SSSR count). The quantitative estimate of drug-likeness (QED) is 0.704. The number of carbonyl (C=O) groups is 1. The molecule has 8 nitrogen and oxygen atoms in total. The molecule has 156 valence electrons. The first kappa shape index (κ1) is 18.8. The maximum Gasteiger partial charge on any atom is 0.433 e. The predicted molar refractivity (Wildman–Crippen MR) is 98.2 cm³/mol. The second-order valence-electron chi connectivity index (χ2n) is 7.59. The summed E-state index contributed by atoms with van der Waals surface area (Å²) in [6.45, 7) is 0.636. The molecule has 1 aliphatic carbocycles. The normalized spacial score (nSPS) is 18.8. The van der Waals surface area contributed by atoms with Crippen molar-refractivity contribution in [1.82, 2.24) is 35.1 Å². The van der Waals surface area contributed by atoms with Crippen LogP contribution in [-0.4, -0.2) is 35.7 Å². The molecule has 0 bridgehead atoms. The zero-order chi connectivity index (χ0) is 20.9. The number of hydrogen-bond acceptors (Lipinski definition) is 5. The molecule has 0 saturated heterocycles. The Morgan fingerprint density at radius 1 is 1.20 bits per heavy atom. The molecule has 30 heavy (non-hydrogen) atoms. The molecule has 0 spiro atoms. The Labute approximate surface area is 169 Å². The molecule has 1 atom stereocenters. The Balaban J connectivity index is 1.38. The number of fused-ring (bicyclic) bond motifs is 1. The summed E-state index contributed by atoms with van der Waals surface area (Å²) in [6, 6.07) is 4.23. The fourth-order valence-corrected chi connectivity index (χ4v) is 3.65. The van der Waals surface area contributed by atoms with Gasteiger partial charge in [-0.2, -0.15) is 18.3 Å². The molecule has 0 aromatic carbocycles. The Morgan fingerprint density at radius 3 is 2.80 bits per heavy atom. The van der Waals surface area contributed by atoms with Crippen LogP contribution in [-0.2, 0) is 12.7 Å². The van der Waals surface area contributed by atoms with E-state index in [1.54, 1.807) is 21.6 Å². The summed E-state index contributed by atoms with van der Waals surface area (Å²) in [7, 11) is 0. The highest BCUT2D eigenvalue weighted by atomic mass is 19.4. The standard InChI is InChI=1S/C19H18F3N7O/c20-19(21,22)17-8-11(5-6-23-17)14-9-16-13(2-1-7-28(16)26-14)24-18(30)15-10-29(27-25-15)12-3-4-12/h5-6,8-10,12-13H,1-4,7H2,(H,24,30)/t13-/m0/s1. The summed E-state index contributed by atoms with van der Waals surface area (Å²) < 4.78 is 42.4. The van der Waals surface area contributed by atoms with E-state index in [9.17, 15) is 18.0 Å². The van der Waals surface area contributed by atoms with Gasteiger partial charge in [0.25, 0.3) is 5.91 Å². The number of amides is 1. The van der Waals surface area contributed by atoms with E-state index >= 15 is 0 Å². The molecule has 4 heterocycles. The van der Waals surface area contributed by atoms with Crippen molar-refractivity contribution in [3.8, 4) is 11.3 Å². The van der Waals surface area contributed by atoms with Crippen LogP contribution in [0.2, 0.25) is 0 Å². The lowest BCUT2D eigenvalue weighted by Gasteiger charge is -2.24. The lowest BCUT2D eigenvalue weighted by atomic mass is 10.0. The van der Waals surface area contributed by atoms with Gasteiger partial charge in [0.05, 0.1) is 29.7 Å². The third kappa shape index (κ3) is 3.55. The van der Waals surface area contributed by atoms with Crippen LogP contribution in [0.3, 0.4) is 0 Å². The lowest BCUT2D eigenvalue weighted by Crippen LogP contribution is -2.32. The SMILES string of the molecule is O=C(N[C@H]1CCCn2nc(-c3ccnc(C(F)(F)F)c3)cc21)c1cn(C2CC2)nn1. The van der Waals surface area contributed by atoms with E-state index < -0.39 is 11.9 Å². The van der Waals surface area contributed by atoms with Gasteiger partial charge in [-0.3, -0.25) is 14.5 Å². The number of rotatable bonds is 4. The van der Waals surface area contributed by atoms with Crippen molar-refractivity contribution in [3.05, 3.63) is 47.7 Å². The van der Waals surface area contributed by atoms with Crippen molar-refractivity contribution < 1.29 is 18.0 Å². The van der Waals surface area contributed by atoms with Gasteiger partial charge in [-0.05, 0) is 43.9 Å². The second-order valence-corrected chi connectivity index (χ2v) is 7.59. The number of aryl methyl sites for hydroxylation is 1. The second kappa shape index (κ2) is 6.92. The number of pyridine rings is 1. The van der Waals surface area contributed by atoms with Gasteiger partial charge in [0.2, 0.25) is 0 Å². The van der Waals surface area contributed by atoms with Crippen molar-refractivity contribution in [1.29, 1.82) is 0 Å². The monoisotopic (exact) mass is 417 g/mol. The number of hydrogen-bond donors (Lipinski definition) is 1. The van der Waals surface area contributed by atoms with Gasteiger partial charge in [-0.1, -0.05) is 5.21 Å². The van der Waals surface area contributed by atoms with Gasteiger partial charge >= 0.3 is 6.18 Å². The molecule has 1 N–H and O–H groups in total. The van der Waals surface area contributed by atoms with Crippen LogP contribution >= 0.6 is 0 Å². The Hall–Kier alpha value is -3.24. The Bertz CT molecular complexity index is 1100. The fraction of sp³-hybridized carbons (Fsp3) is 0.421. The van der Waals surface area contributed by atoms with Gasteiger partial charge in [0, 0.05) is 18.3 Å². The van der Waals surface area contributed by atoms with Gasteiger partial charge in [-0.15, -0.1) is 5.10 Å². The average molecular weight is 417 g/mol. The van der Waals surface area contributed by atoms with Crippen molar-refractivity contribution >= 4 is 5.91 Å². The third-order valence-corrected chi connectivity index (χ3v) is 5.35. The van der Waals surface area contributed by atoms with Crippen molar-refractivity contribution in [2.75, 3.05) is 0 Å². The minimum Gasteiger partial charge on any atom is -0.342 e. The molecule has 3 aromatic rings.